The maximum atomic E-state index is 14.4. The zero-order chi connectivity index (χ0) is 17.1. The van der Waals surface area contributed by atoms with Gasteiger partial charge in [0.1, 0.15) is 11.9 Å². The average molecular weight is 330 g/mol. The van der Waals surface area contributed by atoms with Crippen LogP contribution in [-0.2, 0) is 6.42 Å². The van der Waals surface area contributed by atoms with Gasteiger partial charge in [0.05, 0.1) is 13.2 Å². The number of halogens is 1. The van der Waals surface area contributed by atoms with Gasteiger partial charge in [-0.2, -0.15) is 0 Å². The van der Waals surface area contributed by atoms with Crippen molar-refractivity contribution in [2.24, 2.45) is 16.7 Å². The molecule has 0 saturated heterocycles. The van der Waals surface area contributed by atoms with Gasteiger partial charge < -0.3 is 9.84 Å². The molecule has 3 aliphatic rings. The second-order valence-corrected chi connectivity index (χ2v) is 8.23. The van der Waals surface area contributed by atoms with Crippen LogP contribution >= 0.6 is 0 Å². The van der Waals surface area contributed by atoms with Gasteiger partial charge >= 0.3 is 0 Å². The first-order chi connectivity index (χ1) is 11.5. The second kappa shape index (κ2) is 5.32. The summed E-state index contributed by atoms with van der Waals surface area (Å²) in [6.07, 6.45) is 4.44. The molecule has 6 atom stereocenters. The van der Waals surface area contributed by atoms with Crippen molar-refractivity contribution in [3.8, 4) is 5.75 Å². The molecule has 0 aromatic heterocycles. The van der Waals surface area contributed by atoms with Crippen LogP contribution in [0.5, 0.6) is 5.75 Å². The van der Waals surface area contributed by atoms with Crippen molar-refractivity contribution in [1.82, 2.24) is 0 Å². The van der Waals surface area contributed by atoms with Crippen LogP contribution in [0, 0.1) is 16.7 Å². The Morgan fingerprint density at radius 3 is 2.88 bits per heavy atom. The molecule has 0 spiro atoms. The van der Waals surface area contributed by atoms with E-state index < -0.39 is 12.3 Å². The Morgan fingerprint density at radius 1 is 1.38 bits per heavy atom. The monoisotopic (exact) mass is 330 g/mol. The van der Waals surface area contributed by atoms with Crippen molar-refractivity contribution in [3.05, 3.63) is 42.0 Å². The summed E-state index contributed by atoms with van der Waals surface area (Å²) in [5, 5.41) is 10.5. The summed E-state index contributed by atoms with van der Waals surface area (Å²) in [4.78, 5) is 0. The van der Waals surface area contributed by atoms with Gasteiger partial charge in [-0.1, -0.05) is 19.1 Å². The van der Waals surface area contributed by atoms with Crippen LogP contribution in [0.2, 0.25) is 0 Å². The number of alkyl halides is 1. The maximum Gasteiger partial charge on any atom is 0.127 e. The Labute approximate surface area is 143 Å². The fourth-order valence-corrected chi connectivity index (χ4v) is 6.16. The number of hydrogen-bond acceptors (Lipinski definition) is 2. The molecule has 130 valence electrons. The van der Waals surface area contributed by atoms with E-state index in [2.05, 4.69) is 31.7 Å². The van der Waals surface area contributed by atoms with E-state index in [1.807, 2.05) is 6.07 Å². The number of fused-ring (bicyclic) bond motifs is 5. The summed E-state index contributed by atoms with van der Waals surface area (Å²) in [6.45, 7) is 6.27. The van der Waals surface area contributed by atoms with Gasteiger partial charge in [-0.25, -0.2) is 4.39 Å². The molecular weight excluding hydrogens is 303 g/mol. The predicted molar refractivity (Wildman–Crippen MR) is 93.0 cm³/mol. The standard InChI is InChI=1S/C21H27FO2/c1-4-21-10-7-13-11-14(24-3)5-6-15(13)16(21)8-9-20(2)18(21)12-17(22)19(20)23/h4-6,11,16-19,23H,1,7-10,12H2,2-3H3/t16-,17-,18-,19-,20+,21?/m1/s1. The van der Waals surface area contributed by atoms with Gasteiger partial charge in [0.25, 0.3) is 0 Å². The lowest BCUT2D eigenvalue weighted by Gasteiger charge is -2.57. The van der Waals surface area contributed by atoms with Gasteiger partial charge in [-0.15, -0.1) is 6.58 Å². The number of aliphatic hydroxyl groups excluding tert-OH is 1. The van der Waals surface area contributed by atoms with Gasteiger partial charge in [-0.05, 0) is 72.6 Å². The van der Waals surface area contributed by atoms with Crippen molar-refractivity contribution < 1.29 is 14.2 Å². The molecule has 0 bridgehead atoms. The Kier molecular flexibility index (Phi) is 3.58. The van der Waals surface area contributed by atoms with Gasteiger partial charge in [0.2, 0.25) is 0 Å². The first-order valence-corrected chi connectivity index (χ1v) is 9.09. The first kappa shape index (κ1) is 16.1. The molecule has 1 unspecified atom stereocenters. The molecule has 2 saturated carbocycles. The van der Waals surface area contributed by atoms with Crippen LogP contribution in [-0.4, -0.2) is 24.5 Å². The Balaban J connectivity index is 1.80. The van der Waals surface area contributed by atoms with E-state index in [0.29, 0.717) is 12.3 Å². The van der Waals surface area contributed by atoms with Crippen LogP contribution in [0.25, 0.3) is 0 Å². The molecular formula is C21H27FO2. The minimum absolute atomic E-state index is 0.101. The quantitative estimate of drug-likeness (QED) is 0.814. The lowest BCUT2D eigenvalue weighted by molar-refractivity contribution is -0.0606. The van der Waals surface area contributed by atoms with Gasteiger partial charge in [0, 0.05) is 5.41 Å². The molecule has 4 rings (SSSR count). The SMILES string of the molecule is C=CC12CCc3cc(OC)ccc3[C@H]1CC[C@]1(C)[C@H](O)[C@H](F)C[C@@H]21. The molecule has 3 aliphatic carbocycles. The molecule has 2 fully saturated rings. The number of allylic oxidation sites excluding steroid dienone is 1. The third-order valence-electron chi connectivity index (χ3n) is 7.48. The number of methoxy groups -OCH3 is 1. The van der Waals surface area contributed by atoms with E-state index >= 15 is 0 Å². The molecule has 24 heavy (non-hydrogen) atoms. The van der Waals surface area contributed by atoms with Crippen LogP contribution < -0.4 is 4.74 Å². The molecule has 1 N–H and O–H groups in total. The lowest BCUT2D eigenvalue weighted by Crippen LogP contribution is -2.50. The summed E-state index contributed by atoms with van der Waals surface area (Å²) in [6, 6.07) is 6.38. The van der Waals surface area contributed by atoms with Crippen LogP contribution in [0.4, 0.5) is 4.39 Å². The predicted octanol–water partition coefficient (Wildman–Crippen LogP) is 4.42. The zero-order valence-corrected chi connectivity index (χ0v) is 14.6. The van der Waals surface area contributed by atoms with E-state index in [-0.39, 0.29) is 16.7 Å². The summed E-state index contributed by atoms with van der Waals surface area (Å²) >= 11 is 0. The van der Waals surface area contributed by atoms with Crippen LogP contribution in [0.15, 0.2) is 30.9 Å². The van der Waals surface area contributed by atoms with Crippen LogP contribution in [0.3, 0.4) is 0 Å². The molecule has 0 radical (unpaired) electrons. The zero-order valence-electron chi connectivity index (χ0n) is 14.6. The van der Waals surface area contributed by atoms with Crippen molar-refractivity contribution in [3.63, 3.8) is 0 Å². The number of ether oxygens (including phenoxy) is 1. The molecule has 3 heteroatoms. The van der Waals surface area contributed by atoms with E-state index in [1.54, 1.807) is 7.11 Å². The molecule has 1 aromatic rings. The lowest BCUT2D eigenvalue weighted by atomic mass is 9.47. The number of hydrogen-bond donors (Lipinski definition) is 1. The smallest absolute Gasteiger partial charge is 0.127 e. The molecule has 2 nitrogen and oxygen atoms in total. The summed E-state index contributed by atoms with van der Waals surface area (Å²) in [5.41, 5.74) is 2.31. The van der Waals surface area contributed by atoms with Crippen molar-refractivity contribution in [1.29, 1.82) is 0 Å². The minimum atomic E-state index is -1.10. The fourth-order valence-electron chi connectivity index (χ4n) is 6.16. The summed E-state index contributed by atoms with van der Waals surface area (Å²) in [5.74, 6) is 1.45. The molecule has 1 aromatic carbocycles. The summed E-state index contributed by atoms with van der Waals surface area (Å²) in [7, 11) is 1.70. The molecule has 0 heterocycles. The topological polar surface area (TPSA) is 29.5 Å². The highest BCUT2D eigenvalue weighted by atomic mass is 19.1. The van der Waals surface area contributed by atoms with Gasteiger partial charge in [-0.3, -0.25) is 0 Å². The third-order valence-corrected chi connectivity index (χ3v) is 7.48. The van der Waals surface area contributed by atoms with Crippen molar-refractivity contribution in [2.45, 2.75) is 57.2 Å². The Hall–Kier alpha value is -1.35. The third kappa shape index (κ3) is 1.91. The normalized spacial score (nSPS) is 43.5. The van der Waals surface area contributed by atoms with Gasteiger partial charge in [0.15, 0.2) is 0 Å². The van der Waals surface area contributed by atoms with E-state index in [9.17, 15) is 9.50 Å². The minimum Gasteiger partial charge on any atom is -0.497 e. The van der Waals surface area contributed by atoms with Crippen molar-refractivity contribution in [2.75, 3.05) is 7.11 Å². The summed E-state index contributed by atoms with van der Waals surface area (Å²) < 4.78 is 19.8. The van der Waals surface area contributed by atoms with Crippen molar-refractivity contribution >= 4 is 0 Å². The first-order valence-electron chi connectivity index (χ1n) is 9.09. The number of aryl methyl sites for hydroxylation is 1. The molecule has 0 aliphatic heterocycles. The maximum absolute atomic E-state index is 14.4. The second-order valence-electron chi connectivity index (χ2n) is 8.23. The highest BCUT2D eigenvalue weighted by Gasteiger charge is 2.63. The molecule has 0 amide bonds. The Morgan fingerprint density at radius 2 is 2.17 bits per heavy atom. The van der Waals surface area contributed by atoms with E-state index in [0.717, 1.165) is 31.4 Å². The Bertz CT molecular complexity index is 672. The van der Waals surface area contributed by atoms with E-state index in [1.165, 1.54) is 11.1 Å². The van der Waals surface area contributed by atoms with E-state index in [4.69, 9.17) is 4.74 Å². The average Bonchev–Trinajstić information content (AvgIpc) is 2.85. The fraction of sp³-hybridized carbons (Fsp3) is 0.619. The number of aliphatic hydroxyl groups is 1. The number of rotatable bonds is 2. The highest BCUT2D eigenvalue weighted by molar-refractivity contribution is 5.43. The largest absolute Gasteiger partial charge is 0.497 e. The highest BCUT2D eigenvalue weighted by Crippen LogP contribution is 2.67. The number of benzene rings is 1. The van der Waals surface area contributed by atoms with Crippen LogP contribution in [0.1, 0.15) is 49.7 Å².